The average molecular weight is 251 g/mol. The van der Waals surface area contributed by atoms with Crippen LogP contribution in [0.1, 0.15) is 51.9 Å². The minimum atomic E-state index is -0.376. The number of amides is 3. The van der Waals surface area contributed by atoms with Crippen LogP contribution in [0.4, 0.5) is 4.79 Å². The molecule has 0 radical (unpaired) electrons. The third-order valence-corrected chi connectivity index (χ3v) is 3.21. The molecule has 18 heavy (non-hydrogen) atoms. The molecule has 5 heteroatoms. The lowest BCUT2D eigenvalue weighted by Crippen LogP contribution is -2.48. The first kappa shape index (κ1) is 14.5. The van der Waals surface area contributed by atoms with Gasteiger partial charge in [0.05, 0.1) is 6.07 Å². The minimum absolute atomic E-state index is 0.0209. The van der Waals surface area contributed by atoms with E-state index in [4.69, 9.17) is 5.26 Å². The van der Waals surface area contributed by atoms with Gasteiger partial charge in [0.15, 0.2) is 0 Å². The standard InChI is InChI=1S/C13H21N3O2/c1-2-3-10-15-13(18)16(12(17)8-9-14)11-6-4-5-7-11/h11H,2-8,10H2,1H3,(H,15,18). The normalized spacial score (nSPS) is 15.1. The van der Waals surface area contributed by atoms with Gasteiger partial charge in [-0.2, -0.15) is 5.26 Å². The van der Waals surface area contributed by atoms with E-state index in [1.807, 2.05) is 13.0 Å². The summed E-state index contributed by atoms with van der Waals surface area (Å²) in [5.74, 6) is -0.376. The maximum Gasteiger partial charge on any atom is 0.324 e. The van der Waals surface area contributed by atoms with Crippen molar-refractivity contribution in [2.24, 2.45) is 0 Å². The highest BCUT2D eigenvalue weighted by atomic mass is 16.2. The molecule has 0 atom stereocenters. The van der Waals surface area contributed by atoms with Crippen LogP contribution in [0, 0.1) is 11.3 Å². The van der Waals surface area contributed by atoms with Gasteiger partial charge in [0.1, 0.15) is 6.42 Å². The van der Waals surface area contributed by atoms with Crippen LogP contribution in [-0.4, -0.2) is 29.4 Å². The molecule has 0 unspecified atom stereocenters. The van der Waals surface area contributed by atoms with E-state index in [1.165, 1.54) is 4.90 Å². The van der Waals surface area contributed by atoms with E-state index in [0.29, 0.717) is 6.54 Å². The Balaban J connectivity index is 2.61. The zero-order valence-electron chi connectivity index (χ0n) is 10.9. The first-order valence-electron chi connectivity index (χ1n) is 6.67. The zero-order chi connectivity index (χ0) is 13.4. The smallest absolute Gasteiger partial charge is 0.324 e. The molecule has 0 aromatic carbocycles. The summed E-state index contributed by atoms with van der Waals surface area (Å²) in [6.07, 6.45) is 5.48. The molecule has 0 aliphatic heterocycles. The van der Waals surface area contributed by atoms with Crippen LogP contribution in [0.15, 0.2) is 0 Å². The Kier molecular flexibility index (Phi) is 6.20. The number of nitrogens with one attached hydrogen (secondary N) is 1. The predicted octanol–water partition coefficient (Wildman–Crippen LogP) is 2.18. The van der Waals surface area contributed by atoms with Crippen molar-refractivity contribution in [2.75, 3.05) is 6.54 Å². The SMILES string of the molecule is CCCCNC(=O)N(C(=O)CC#N)C1CCCC1. The Morgan fingerprint density at radius 3 is 2.61 bits per heavy atom. The Morgan fingerprint density at radius 1 is 1.39 bits per heavy atom. The number of carbonyl (C=O) groups is 2. The summed E-state index contributed by atoms with van der Waals surface area (Å²) in [6.45, 7) is 2.63. The van der Waals surface area contributed by atoms with Gasteiger partial charge in [-0.15, -0.1) is 0 Å². The van der Waals surface area contributed by atoms with Crippen molar-refractivity contribution >= 4 is 11.9 Å². The highest BCUT2D eigenvalue weighted by Crippen LogP contribution is 2.24. The molecule has 5 nitrogen and oxygen atoms in total. The third kappa shape index (κ3) is 4.02. The lowest BCUT2D eigenvalue weighted by atomic mass is 10.2. The number of unbranched alkanes of at least 4 members (excludes halogenated alkanes) is 1. The van der Waals surface area contributed by atoms with E-state index < -0.39 is 0 Å². The summed E-state index contributed by atoms with van der Waals surface area (Å²) in [7, 11) is 0. The summed E-state index contributed by atoms with van der Waals surface area (Å²) in [5.41, 5.74) is 0. The fourth-order valence-corrected chi connectivity index (χ4v) is 2.26. The molecule has 0 heterocycles. The number of hydrogen-bond donors (Lipinski definition) is 1. The Bertz CT molecular complexity index is 330. The molecular formula is C13H21N3O2. The van der Waals surface area contributed by atoms with Crippen molar-refractivity contribution in [3.05, 3.63) is 0 Å². The first-order chi connectivity index (χ1) is 8.70. The molecule has 100 valence electrons. The van der Waals surface area contributed by atoms with Crippen LogP contribution in [0.2, 0.25) is 0 Å². The average Bonchev–Trinajstić information content (AvgIpc) is 2.83. The number of urea groups is 1. The predicted molar refractivity (Wildman–Crippen MR) is 67.6 cm³/mol. The van der Waals surface area contributed by atoms with E-state index in [-0.39, 0.29) is 24.4 Å². The molecule has 0 bridgehead atoms. The fourth-order valence-electron chi connectivity index (χ4n) is 2.26. The number of hydrogen-bond acceptors (Lipinski definition) is 3. The molecule has 0 aromatic rings. The second-order valence-electron chi connectivity index (χ2n) is 4.62. The van der Waals surface area contributed by atoms with Gasteiger partial charge in [0.2, 0.25) is 5.91 Å². The van der Waals surface area contributed by atoms with Crippen LogP contribution in [-0.2, 0) is 4.79 Å². The van der Waals surface area contributed by atoms with E-state index in [1.54, 1.807) is 0 Å². The second kappa shape index (κ2) is 7.70. The van der Waals surface area contributed by atoms with Crippen molar-refractivity contribution in [1.29, 1.82) is 5.26 Å². The van der Waals surface area contributed by atoms with E-state index in [9.17, 15) is 9.59 Å². The van der Waals surface area contributed by atoms with Crippen LogP contribution >= 0.6 is 0 Å². The summed E-state index contributed by atoms with van der Waals surface area (Å²) in [6, 6.07) is 1.46. The van der Waals surface area contributed by atoms with E-state index in [0.717, 1.165) is 38.5 Å². The Morgan fingerprint density at radius 2 is 2.06 bits per heavy atom. The topological polar surface area (TPSA) is 73.2 Å². The monoisotopic (exact) mass is 251 g/mol. The van der Waals surface area contributed by atoms with E-state index in [2.05, 4.69) is 5.32 Å². The van der Waals surface area contributed by atoms with Gasteiger partial charge in [-0.3, -0.25) is 9.69 Å². The second-order valence-corrected chi connectivity index (χ2v) is 4.62. The van der Waals surface area contributed by atoms with Gasteiger partial charge in [0.25, 0.3) is 0 Å². The van der Waals surface area contributed by atoms with Crippen molar-refractivity contribution in [3.63, 3.8) is 0 Å². The number of rotatable bonds is 5. The largest absolute Gasteiger partial charge is 0.338 e. The van der Waals surface area contributed by atoms with Gasteiger partial charge in [-0.25, -0.2) is 4.79 Å². The molecule has 0 aromatic heterocycles. The molecule has 0 spiro atoms. The third-order valence-electron chi connectivity index (χ3n) is 3.21. The quantitative estimate of drug-likeness (QED) is 0.761. The lowest BCUT2D eigenvalue weighted by molar-refractivity contribution is -0.128. The van der Waals surface area contributed by atoms with Gasteiger partial charge in [0, 0.05) is 12.6 Å². The van der Waals surface area contributed by atoms with Crippen molar-refractivity contribution in [3.8, 4) is 6.07 Å². The molecule has 1 rings (SSSR count). The molecule has 1 fully saturated rings. The van der Waals surface area contributed by atoms with Crippen LogP contribution in [0.25, 0.3) is 0 Å². The van der Waals surface area contributed by atoms with Gasteiger partial charge < -0.3 is 5.32 Å². The van der Waals surface area contributed by atoms with Gasteiger partial charge >= 0.3 is 6.03 Å². The van der Waals surface area contributed by atoms with Crippen molar-refractivity contribution < 1.29 is 9.59 Å². The van der Waals surface area contributed by atoms with Gasteiger partial charge in [-0.1, -0.05) is 26.2 Å². The molecule has 1 saturated carbocycles. The number of nitrogens with zero attached hydrogens (tertiary/aromatic N) is 2. The van der Waals surface area contributed by atoms with Crippen LogP contribution < -0.4 is 5.32 Å². The summed E-state index contributed by atoms with van der Waals surface area (Å²) < 4.78 is 0. The maximum atomic E-state index is 12.0. The molecule has 1 aliphatic carbocycles. The van der Waals surface area contributed by atoms with Crippen molar-refractivity contribution in [1.82, 2.24) is 10.2 Å². The molecule has 0 saturated heterocycles. The summed E-state index contributed by atoms with van der Waals surface area (Å²) in [4.78, 5) is 25.1. The highest BCUT2D eigenvalue weighted by Gasteiger charge is 2.31. The van der Waals surface area contributed by atoms with Gasteiger partial charge in [-0.05, 0) is 19.3 Å². The lowest BCUT2D eigenvalue weighted by Gasteiger charge is -2.26. The van der Waals surface area contributed by atoms with Crippen LogP contribution in [0.3, 0.4) is 0 Å². The molecular weight excluding hydrogens is 230 g/mol. The fraction of sp³-hybridized carbons (Fsp3) is 0.769. The van der Waals surface area contributed by atoms with Crippen molar-refractivity contribution in [2.45, 2.75) is 57.9 Å². The Hall–Kier alpha value is -1.57. The summed E-state index contributed by atoms with van der Waals surface area (Å²) >= 11 is 0. The van der Waals surface area contributed by atoms with E-state index >= 15 is 0 Å². The molecule has 1 aliphatic rings. The Labute approximate surface area is 108 Å². The number of nitriles is 1. The van der Waals surface area contributed by atoms with Crippen LogP contribution in [0.5, 0.6) is 0 Å². The number of carbonyl (C=O) groups excluding carboxylic acids is 2. The highest BCUT2D eigenvalue weighted by molar-refractivity contribution is 5.95. The maximum absolute atomic E-state index is 12.0. The first-order valence-corrected chi connectivity index (χ1v) is 6.67. The molecule has 1 N–H and O–H groups in total. The number of imide groups is 1. The molecule has 3 amide bonds. The summed E-state index contributed by atoms with van der Waals surface area (Å²) in [5, 5.41) is 11.4. The minimum Gasteiger partial charge on any atom is -0.338 e. The zero-order valence-corrected chi connectivity index (χ0v) is 10.9.